The molecule has 3 aromatic carbocycles. The van der Waals surface area contributed by atoms with Gasteiger partial charge in [-0.25, -0.2) is 0 Å². The van der Waals surface area contributed by atoms with Crippen molar-refractivity contribution in [3.63, 3.8) is 0 Å². The Morgan fingerprint density at radius 3 is 2.33 bits per heavy atom. The van der Waals surface area contributed by atoms with Crippen LogP contribution in [0.1, 0.15) is 17.2 Å². The van der Waals surface area contributed by atoms with E-state index < -0.39 is 0 Å². The summed E-state index contributed by atoms with van der Waals surface area (Å²) >= 11 is 3.49. The van der Waals surface area contributed by atoms with Crippen molar-refractivity contribution in [1.82, 2.24) is 5.32 Å². The monoisotopic (exact) mass is 339 g/mol. The lowest BCUT2D eigenvalue weighted by atomic mass is 9.97. The Hall–Kier alpha value is -1.64. The van der Waals surface area contributed by atoms with Crippen LogP contribution in [0.5, 0.6) is 0 Å². The third-order valence-corrected chi connectivity index (χ3v) is 4.41. The standard InChI is InChI=1S/C19H18BrN/c1-21-19(12-14-6-10-18(20)11-7-14)17-9-8-15-4-2-3-5-16(15)13-17/h2-11,13,19,21H,12H2,1H3. The molecule has 0 saturated carbocycles. The van der Waals surface area contributed by atoms with Crippen molar-refractivity contribution in [2.75, 3.05) is 7.05 Å². The molecule has 0 spiro atoms. The number of hydrogen-bond acceptors (Lipinski definition) is 1. The second kappa shape index (κ2) is 6.42. The minimum absolute atomic E-state index is 0.329. The summed E-state index contributed by atoms with van der Waals surface area (Å²) < 4.78 is 1.12. The average molecular weight is 340 g/mol. The Kier molecular flexibility index (Phi) is 4.37. The molecule has 0 aliphatic heterocycles. The van der Waals surface area contributed by atoms with Gasteiger partial charge in [-0.2, -0.15) is 0 Å². The number of halogens is 1. The molecule has 0 bridgehead atoms. The van der Waals surface area contributed by atoms with Crippen LogP contribution in [0.25, 0.3) is 10.8 Å². The van der Waals surface area contributed by atoms with Crippen LogP contribution < -0.4 is 5.32 Å². The molecule has 0 aliphatic rings. The molecule has 1 unspecified atom stereocenters. The maximum Gasteiger partial charge on any atom is 0.0358 e. The lowest BCUT2D eigenvalue weighted by molar-refractivity contribution is 0.592. The molecule has 106 valence electrons. The maximum absolute atomic E-state index is 3.49. The molecule has 0 aromatic heterocycles. The van der Waals surface area contributed by atoms with Gasteiger partial charge in [0.15, 0.2) is 0 Å². The van der Waals surface area contributed by atoms with E-state index in [-0.39, 0.29) is 0 Å². The van der Waals surface area contributed by atoms with Gasteiger partial charge in [0.05, 0.1) is 0 Å². The van der Waals surface area contributed by atoms with Crippen molar-refractivity contribution in [3.05, 3.63) is 82.3 Å². The van der Waals surface area contributed by atoms with E-state index in [9.17, 15) is 0 Å². The quantitative estimate of drug-likeness (QED) is 0.696. The van der Waals surface area contributed by atoms with E-state index in [1.165, 1.54) is 21.9 Å². The van der Waals surface area contributed by atoms with E-state index in [2.05, 4.69) is 88.0 Å². The Bertz CT molecular complexity index is 734. The highest BCUT2D eigenvalue weighted by molar-refractivity contribution is 9.10. The molecule has 1 nitrogen and oxygen atoms in total. The normalized spacial score (nSPS) is 12.5. The molecule has 3 rings (SSSR count). The Morgan fingerprint density at radius 2 is 1.62 bits per heavy atom. The number of hydrogen-bond donors (Lipinski definition) is 1. The fraction of sp³-hybridized carbons (Fsp3) is 0.158. The molecule has 0 fully saturated rings. The van der Waals surface area contributed by atoms with E-state index >= 15 is 0 Å². The zero-order valence-corrected chi connectivity index (χ0v) is 13.6. The molecule has 21 heavy (non-hydrogen) atoms. The van der Waals surface area contributed by atoms with Gasteiger partial charge in [-0.3, -0.25) is 0 Å². The molecule has 0 aliphatic carbocycles. The largest absolute Gasteiger partial charge is 0.313 e. The Labute approximate surface area is 134 Å². The van der Waals surface area contributed by atoms with Crippen LogP contribution in [-0.2, 0) is 6.42 Å². The smallest absolute Gasteiger partial charge is 0.0358 e. The van der Waals surface area contributed by atoms with Gasteiger partial charge in [0, 0.05) is 10.5 Å². The average Bonchev–Trinajstić information content (AvgIpc) is 2.54. The minimum Gasteiger partial charge on any atom is -0.313 e. The summed E-state index contributed by atoms with van der Waals surface area (Å²) in [6.07, 6.45) is 0.988. The summed E-state index contributed by atoms with van der Waals surface area (Å²) in [6.45, 7) is 0. The highest BCUT2D eigenvalue weighted by Crippen LogP contribution is 2.23. The van der Waals surface area contributed by atoms with Gasteiger partial charge in [-0.1, -0.05) is 64.5 Å². The highest BCUT2D eigenvalue weighted by Gasteiger charge is 2.10. The number of rotatable bonds is 4. The van der Waals surface area contributed by atoms with Gasteiger partial charge in [0.2, 0.25) is 0 Å². The first kappa shape index (κ1) is 14.3. The van der Waals surface area contributed by atoms with Gasteiger partial charge in [-0.15, -0.1) is 0 Å². The van der Waals surface area contributed by atoms with Crippen LogP contribution >= 0.6 is 15.9 Å². The van der Waals surface area contributed by atoms with E-state index in [1.54, 1.807) is 0 Å². The van der Waals surface area contributed by atoms with Crippen LogP contribution in [0.15, 0.2) is 71.2 Å². The van der Waals surface area contributed by atoms with Crippen LogP contribution in [0.3, 0.4) is 0 Å². The summed E-state index contributed by atoms with van der Waals surface area (Å²) in [5.74, 6) is 0. The summed E-state index contributed by atoms with van der Waals surface area (Å²) in [5.41, 5.74) is 2.67. The topological polar surface area (TPSA) is 12.0 Å². The molecule has 2 heteroatoms. The number of benzene rings is 3. The summed E-state index contributed by atoms with van der Waals surface area (Å²) in [7, 11) is 2.03. The second-order valence-corrected chi connectivity index (χ2v) is 6.19. The minimum atomic E-state index is 0.329. The van der Waals surface area contributed by atoms with Gasteiger partial charge >= 0.3 is 0 Å². The van der Waals surface area contributed by atoms with Crippen LogP contribution in [-0.4, -0.2) is 7.05 Å². The van der Waals surface area contributed by atoms with E-state index in [4.69, 9.17) is 0 Å². The number of fused-ring (bicyclic) bond motifs is 1. The van der Waals surface area contributed by atoms with Crippen molar-refractivity contribution in [2.24, 2.45) is 0 Å². The fourth-order valence-electron chi connectivity index (χ4n) is 2.67. The SMILES string of the molecule is CNC(Cc1ccc(Br)cc1)c1ccc2ccccc2c1. The molecular formula is C19H18BrN. The van der Waals surface area contributed by atoms with Gasteiger partial charge in [0.25, 0.3) is 0 Å². The first-order chi connectivity index (χ1) is 10.3. The van der Waals surface area contributed by atoms with Crippen molar-refractivity contribution >= 4 is 26.7 Å². The molecule has 0 radical (unpaired) electrons. The number of nitrogens with one attached hydrogen (secondary N) is 1. The van der Waals surface area contributed by atoms with Gasteiger partial charge in [-0.05, 0) is 53.6 Å². The fourth-order valence-corrected chi connectivity index (χ4v) is 2.93. The van der Waals surface area contributed by atoms with Gasteiger partial charge < -0.3 is 5.32 Å². The Morgan fingerprint density at radius 1 is 0.905 bits per heavy atom. The zero-order chi connectivity index (χ0) is 14.7. The van der Waals surface area contributed by atoms with E-state index in [0.29, 0.717) is 6.04 Å². The third-order valence-electron chi connectivity index (χ3n) is 3.88. The van der Waals surface area contributed by atoms with Crippen molar-refractivity contribution in [2.45, 2.75) is 12.5 Å². The zero-order valence-electron chi connectivity index (χ0n) is 12.0. The summed E-state index contributed by atoms with van der Waals surface area (Å²) in [6, 6.07) is 24.1. The lowest BCUT2D eigenvalue weighted by Gasteiger charge is -2.17. The maximum atomic E-state index is 3.49. The van der Waals surface area contributed by atoms with Crippen molar-refractivity contribution in [3.8, 4) is 0 Å². The van der Waals surface area contributed by atoms with Crippen LogP contribution in [0.2, 0.25) is 0 Å². The molecule has 1 N–H and O–H groups in total. The number of likely N-dealkylation sites (N-methyl/N-ethyl adjacent to an activating group) is 1. The summed E-state index contributed by atoms with van der Waals surface area (Å²) in [5, 5.41) is 6.02. The molecule has 0 amide bonds. The molecule has 1 atom stereocenters. The lowest BCUT2D eigenvalue weighted by Crippen LogP contribution is -2.18. The van der Waals surface area contributed by atoms with Crippen molar-refractivity contribution < 1.29 is 0 Å². The van der Waals surface area contributed by atoms with Gasteiger partial charge in [0.1, 0.15) is 0 Å². The predicted octanol–water partition coefficient (Wildman–Crippen LogP) is 5.11. The van der Waals surface area contributed by atoms with E-state index in [0.717, 1.165) is 10.9 Å². The highest BCUT2D eigenvalue weighted by atomic mass is 79.9. The predicted molar refractivity (Wildman–Crippen MR) is 93.6 cm³/mol. The Balaban J connectivity index is 1.88. The molecule has 0 saturated heterocycles. The first-order valence-corrected chi connectivity index (χ1v) is 7.96. The third kappa shape index (κ3) is 3.34. The van der Waals surface area contributed by atoms with Crippen molar-refractivity contribution in [1.29, 1.82) is 0 Å². The van der Waals surface area contributed by atoms with E-state index in [1.807, 2.05) is 7.05 Å². The first-order valence-electron chi connectivity index (χ1n) is 7.16. The summed E-state index contributed by atoms with van der Waals surface area (Å²) in [4.78, 5) is 0. The second-order valence-electron chi connectivity index (χ2n) is 5.28. The molecule has 0 heterocycles. The molecular weight excluding hydrogens is 322 g/mol. The molecule has 3 aromatic rings. The van der Waals surface area contributed by atoms with Crippen LogP contribution in [0.4, 0.5) is 0 Å². The van der Waals surface area contributed by atoms with Crippen LogP contribution in [0, 0.1) is 0 Å².